The van der Waals surface area contributed by atoms with Gasteiger partial charge in [0.1, 0.15) is 22.0 Å². The van der Waals surface area contributed by atoms with Crippen molar-refractivity contribution in [2.45, 2.75) is 73.8 Å². The summed E-state index contributed by atoms with van der Waals surface area (Å²) in [5, 5.41) is 3.83. The lowest BCUT2D eigenvalue weighted by molar-refractivity contribution is -0.174. The van der Waals surface area contributed by atoms with Gasteiger partial charge in [-0.2, -0.15) is 13.2 Å². The summed E-state index contributed by atoms with van der Waals surface area (Å²) in [6.07, 6.45) is -7.16. The van der Waals surface area contributed by atoms with Crippen LogP contribution >= 0.6 is 11.3 Å². The lowest BCUT2D eigenvalue weighted by Crippen LogP contribution is -2.46. The summed E-state index contributed by atoms with van der Waals surface area (Å²) in [5.74, 6) is -8.02. The van der Waals surface area contributed by atoms with Crippen molar-refractivity contribution >= 4 is 38.2 Å². The number of hydrogen-bond acceptors (Lipinski definition) is 5. The minimum absolute atomic E-state index is 0.0637. The van der Waals surface area contributed by atoms with Gasteiger partial charge in [0, 0.05) is 23.4 Å². The number of alkyl halides is 6. The van der Waals surface area contributed by atoms with Crippen LogP contribution < -0.4 is 15.4 Å². The van der Waals surface area contributed by atoms with Crippen LogP contribution in [0.1, 0.15) is 36.1 Å². The first-order valence-corrected chi connectivity index (χ1v) is 12.3. The highest BCUT2D eigenvalue weighted by molar-refractivity contribution is 7.90. The van der Waals surface area contributed by atoms with Gasteiger partial charge in [-0.25, -0.2) is 26.3 Å². The Morgan fingerprint density at radius 1 is 1.12 bits per heavy atom. The first-order valence-electron chi connectivity index (χ1n) is 10.0. The average Bonchev–Trinajstić information content (AvgIpc) is 3.14. The van der Waals surface area contributed by atoms with Crippen LogP contribution in [0.2, 0.25) is 0 Å². The zero-order valence-corrected chi connectivity index (χ0v) is 18.4. The molecule has 4 rings (SSSR count). The van der Waals surface area contributed by atoms with Gasteiger partial charge in [-0.15, -0.1) is 11.3 Å². The third-order valence-electron chi connectivity index (χ3n) is 5.86. The van der Waals surface area contributed by atoms with Crippen molar-refractivity contribution in [1.29, 1.82) is 0 Å². The highest BCUT2D eigenvalue weighted by Gasteiger charge is 2.61. The van der Waals surface area contributed by atoms with Crippen LogP contribution in [0.4, 0.5) is 31.3 Å². The molecule has 2 atom stereocenters. The van der Waals surface area contributed by atoms with Crippen molar-refractivity contribution in [3.05, 3.63) is 10.4 Å². The molecule has 1 aromatic heterocycles. The van der Waals surface area contributed by atoms with Crippen LogP contribution in [0, 0.1) is 5.92 Å². The van der Waals surface area contributed by atoms with E-state index >= 15 is 0 Å². The molecule has 3 aliphatic carbocycles. The Labute approximate surface area is 188 Å². The molecular weight excluding hydrogens is 500 g/mol. The molecule has 0 radical (unpaired) electrons. The SMILES string of the molecule is O=C(Nc1sc2c(c1S(=O)(=O)N[C@H]1C[C@H](F)C1)C[C@@H](NC(=O)C(F)(F)F)CC2)C1CC1(F)F. The van der Waals surface area contributed by atoms with Crippen LogP contribution in [0.15, 0.2) is 4.90 Å². The van der Waals surface area contributed by atoms with Gasteiger partial charge in [0.25, 0.3) is 5.92 Å². The third kappa shape index (κ3) is 4.99. The summed E-state index contributed by atoms with van der Waals surface area (Å²) in [4.78, 5) is 23.5. The number of rotatable bonds is 6. The van der Waals surface area contributed by atoms with Gasteiger partial charge in [-0.05, 0) is 37.7 Å². The Morgan fingerprint density at radius 3 is 2.30 bits per heavy atom. The fourth-order valence-corrected chi connectivity index (χ4v) is 7.17. The number of amides is 2. The molecule has 15 heteroatoms. The molecule has 0 saturated heterocycles. The van der Waals surface area contributed by atoms with Crippen LogP contribution in [0.5, 0.6) is 0 Å². The van der Waals surface area contributed by atoms with E-state index in [4.69, 9.17) is 0 Å². The molecule has 1 aromatic rings. The third-order valence-corrected chi connectivity index (χ3v) is 8.82. The molecule has 3 aliphatic rings. The summed E-state index contributed by atoms with van der Waals surface area (Å²) < 4.78 is 106. The number of sulfonamides is 1. The molecule has 7 nitrogen and oxygen atoms in total. The van der Waals surface area contributed by atoms with E-state index in [0.717, 1.165) is 11.3 Å². The van der Waals surface area contributed by atoms with Crippen LogP contribution in [-0.2, 0) is 32.5 Å². The van der Waals surface area contributed by atoms with Crippen LogP contribution in [-0.4, -0.2) is 50.6 Å². The molecule has 0 spiro atoms. The minimum atomic E-state index is -5.12. The van der Waals surface area contributed by atoms with Crippen molar-refractivity contribution in [2.24, 2.45) is 5.92 Å². The second kappa shape index (κ2) is 8.12. The van der Waals surface area contributed by atoms with E-state index < -0.39 is 69.4 Å². The Balaban J connectivity index is 1.62. The zero-order valence-electron chi connectivity index (χ0n) is 16.8. The predicted octanol–water partition coefficient (Wildman–Crippen LogP) is 2.66. The van der Waals surface area contributed by atoms with Gasteiger partial charge in [0.15, 0.2) is 0 Å². The summed E-state index contributed by atoms with van der Waals surface area (Å²) >= 11 is 0.837. The fraction of sp³-hybridized carbons (Fsp3) is 0.667. The van der Waals surface area contributed by atoms with Gasteiger partial charge < -0.3 is 10.6 Å². The number of nitrogens with one attached hydrogen (secondary N) is 3. The van der Waals surface area contributed by atoms with E-state index in [9.17, 15) is 44.3 Å². The molecule has 2 fully saturated rings. The fourth-order valence-electron chi connectivity index (χ4n) is 3.93. The Hall–Kier alpha value is -1.87. The topological polar surface area (TPSA) is 104 Å². The highest BCUT2D eigenvalue weighted by atomic mass is 32.2. The minimum Gasteiger partial charge on any atom is -0.345 e. The molecule has 33 heavy (non-hydrogen) atoms. The number of aryl methyl sites for hydroxylation is 1. The number of fused-ring (bicyclic) bond motifs is 1. The van der Waals surface area contributed by atoms with Gasteiger partial charge in [-0.1, -0.05) is 0 Å². The average molecular weight is 519 g/mol. The smallest absolute Gasteiger partial charge is 0.345 e. The maximum Gasteiger partial charge on any atom is 0.471 e. The molecule has 3 N–H and O–H groups in total. The van der Waals surface area contributed by atoms with E-state index in [1.165, 1.54) is 0 Å². The Morgan fingerprint density at radius 2 is 1.76 bits per heavy atom. The van der Waals surface area contributed by atoms with E-state index in [1.54, 1.807) is 0 Å². The maximum atomic E-state index is 13.3. The standard InChI is InChI=1S/C18H19F6N3O4S2/c19-7-3-9(4-7)27-33(30,31)13-10-5-8(25-16(29)18(22,23)24)1-2-12(10)32-15(13)26-14(28)11-6-17(11,20)21/h7-9,11,27H,1-6H2,(H,25,29)(H,26,28)/t7-,8-,9-,11?/m0/s1. The summed E-state index contributed by atoms with van der Waals surface area (Å²) in [7, 11) is -4.38. The molecule has 1 heterocycles. The maximum absolute atomic E-state index is 13.3. The van der Waals surface area contributed by atoms with Crippen LogP contribution in [0.25, 0.3) is 0 Å². The summed E-state index contributed by atoms with van der Waals surface area (Å²) in [6.45, 7) is 0. The lowest BCUT2D eigenvalue weighted by Gasteiger charge is -2.30. The molecule has 2 saturated carbocycles. The van der Waals surface area contributed by atoms with Crippen molar-refractivity contribution < 1.29 is 44.3 Å². The molecule has 2 amide bonds. The van der Waals surface area contributed by atoms with E-state index in [-0.39, 0.29) is 42.7 Å². The van der Waals surface area contributed by atoms with Gasteiger partial charge in [0.2, 0.25) is 15.9 Å². The van der Waals surface area contributed by atoms with Gasteiger partial charge >= 0.3 is 12.1 Å². The van der Waals surface area contributed by atoms with Gasteiger partial charge in [0.05, 0.1) is 0 Å². The monoisotopic (exact) mass is 519 g/mol. The van der Waals surface area contributed by atoms with Crippen molar-refractivity contribution in [2.75, 3.05) is 5.32 Å². The zero-order chi connectivity index (χ0) is 24.3. The van der Waals surface area contributed by atoms with Crippen molar-refractivity contribution in [3.63, 3.8) is 0 Å². The quantitative estimate of drug-likeness (QED) is 0.503. The number of hydrogen-bond donors (Lipinski definition) is 3. The second-order valence-electron chi connectivity index (χ2n) is 8.47. The number of carbonyl (C=O) groups is 2. The molecule has 184 valence electrons. The van der Waals surface area contributed by atoms with E-state index in [1.807, 2.05) is 5.32 Å². The Kier molecular flexibility index (Phi) is 5.97. The predicted molar refractivity (Wildman–Crippen MR) is 104 cm³/mol. The summed E-state index contributed by atoms with van der Waals surface area (Å²) in [6, 6.07) is -1.73. The highest BCUT2D eigenvalue weighted by Crippen LogP contribution is 2.50. The molecule has 0 aliphatic heterocycles. The molecule has 0 aromatic carbocycles. The number of thiophene rings is 1. The normalized spacial score (nSPS) is 28.4. The number of carbonyl (C=O) groups excluding carboxylic acids is 2. The number of halogens is 6. The van der Waals surface area contributed by atoms with Crippen LogP contribution in [0.3, 0.4) is 0 Å². The van der Waals surface area contributed by atoms with Gasteiger partial charge in [-0.3, -0.25) is 9.59 Å². The molecule has 0 bridgehead atoms. The first kappa shape index (κ1) is 24.3. The van der Waals surface area contributed by atoms with Crippen molar-refractivity contribution in [3.8, 4) is 0 Å². The lowest BCUT2D eigenvalue weighted by atomic mass is 9.92. The first-order chi connectivity index (χ1) is 15.2. The van der Waals surface area contributed by atoms with E-state index in [0.29, 0.717) is 4.88 Å². The second-order valence-corrected chi connectivity index (χ2v) is 11.2. The summed E-state index contributed by atoms with van der Waals surface area (Å²) in [5.41, 5.74) is 0.0974. The van der Waals surface area contributed by atoms with E-state index in [2.05, 4.69) is 10.0 Å². The largest absolute Gasteiger partial charge is 0.471 e. The number of anilines is 1. The Bertz CT molecular complexity index is 1080. The molecular formula is C18H19F6N3O4S2. The molecule has 1 unspecified atom stereocenters. The van der Waals surface area contributed by atoms with Crippen molar-refractivity contribution in [1.82, 2.24) is 10.0 Å².